The molecule has 1 fully saturated rings. The lowest BCUT2D eigenvalue weighted by molar-refractivity contribution is 0.0883. The van der Waals surface area contributed by atoms with Crippen molar-refractivity contribution < 1.29 is 9.90 Å². The van der Waals surface area contributed by atoms with E-state index in [9.17, 15) is 9.90 Å². The van der Waals surface area contributed by atoms with Crippen LogP contribution in [0.2, 0.25) is 0 Å². The van der Waals surface area contributed by atoms with Gasteiger partial charge in [0, 0.05) is 26.7 Å². The number of nitrogens with zero attached hydrogens (tertiary/aromatic N) is 2. The van der Waals surface area contributed by atoms with Gasteiger partial charge in [-0.15, -0.1) is 0 Å². The van der Waals surface area contributed by atoms with Gasteiger partial charge in [-0.2, -0.15) is 0 Å². The van der Waals surface area contributed by atoms with Crippen molar-refractivity contribution in [2.45, 2.75) is 25.5 Å². The number of para-hydroxylation sites is 2. The van der Waals surface area contributed by atoms with Crippen molar-refractivity contribution in [1.82, 2.24) is 4.90 Å². The van der Waals surface area contributed by atoms with Crippen LogP contribution in [0.5, 0.6) is 0 Å². The highest BCUT2D eigenvalue weighted by molar-refractivity contribution is 5.93. The Hall–Kier alpha value is -2.53. The molecule has 0 radical (unpaired) electrons. The SMILES string of the molecule is CN(Cc1ccccc1)c1ccccc1NC(=O)N1CCCC(O)C1. The number of aliphatic hydroxyl groups is 1. The molecule has 5 nitrogen and oxygen atoms in total. The maximum atomic E-state index is 12.5. The van der Waals surface area contributed by atoms with E-state index in [1.807, 2.05) is 49.5 Å². The molecule has 1 atom stereocenters. The molecule has 0 bridgehead atoms. The zero-order chi connectivity index (χ0) is 17.6. The van der Waals surface area contributed by atoms with Crippen molar-refractivity contribution >= 4 is 17.4 Å². The molecule has 1 aliphatic heterocycles. The monoisotopic (exact) mass is 339 g/mol. The Balaban J connectivity index is 1.71. The average Bonchev–Trinajstić information content (AvgIpc) is 2.63. The molecule has 132 valence electrons. The second kappa shape index (κ2) is 8.03. The Bertz CT molecular complexity index is 705. The lowest BCUT2D eigenvalue weighted by atomic mass is 10.1. The van der Waals surface area contributed by atoms with Gasteiger partial charge in [0.1, 0.15) is 0 Å². The van der Waals surface area contributed by atoms with Crippen molar-refractivity contribution in [1.29, 1.82) is 0 Å². The quantitative estimate of drug-likeness (QED) is 0.898. The highest BCUT2D eigenvalue weighted by Crippen LogP contribution is 2.26. The van der Waals surface area contributed by atoms with Gasteiger partial charge in [-0.1, -0.05) is 42.5 Å². The molecule has 3 rings (SSSR count). The first kappa shape index (κ1) is 17.3. The minimum absolute atomic E-state index is 0.153. The molecule has 2 N–H and O–H groups in total. The highest BCUT2D eigenvalue weighted by atomic mass is 16.3. The smallest absolute Gasteiger partial charge is 0.321 e. The Morgan fingerprint density at radius 3 is 2.68 bits per heavy atom. The fourth-order valence-corrected chi connectivity index (χ4v) is 3.19. The fraction of sp³-hybridized carbons (Fsp3) is 0.350. The molecule has 0 spiro atoms. The van der Waals surface area contributed by atoms with Gasteiger partial charge in [0.25, 0.3) is 0 Å². The maximum absolute atomic E-state index is 12.5. The summed E-state index contributed by atoms with van der Waals surface area (Å²) in [7, 11) is 2.02. The van der Waals surface area contributed by atoms with Crippen LogP contribution in [0.25, 0.3) is 0 Å². The van der Waals surface area contributed by atoms with E-state index in [1.54, 1.807) is 4.90 Å². The second-order valence-corrected chi connectivity index (χ2v) is 6.53. The molecular formula is C20H25N3O2. The normalized spacial score (nSPS) is 17.2. The molecule has 1 saturated heterocycles. The first-order valence-corrected chi connectivity index (χ1v) is 8.71. The zero-order valence-corrected chi connectivity index (χ0v) is 14.6. The summed E-state index contributed by atoms with van der Waals surface area (Å²) in [4.78, 5) is 16.3. The fourth-order valence-electron chi connectivity index (χ4n) is 3.19. The minimum atomic E-state index is -0.421. The summed E-state index contributed by atoms with van der Waals surface area (Å²) >= 11 is 0. The van der Waals surface area contributed by atoms with Crippen molar-refractivity contribution in [3.8, 4) is 0 Å². The number of carbonyl (C=O) groups is 1. The molecule has 2 aromatic rings. The van der Waals surface area contributed by atoms with Gasteiger partial charge >= 0.3 is 6.03 Å². The van der Waals surface area contributed by atoms with E-state index in [2.05, 4.69) is 22.3 Å². The summed E-state index contributed by atoms with van der Waals surface area (Å²) < 4.78 is 0. The van der Waals surface area contributed by atoms with Crippen LogP contribution < -0.4 is 10.2 Å². The predicted molar refractivity (Wildman–Crippen MR) is 101 cm³/mol. The first-order valence-electron chi connectivity index (χ1n) is 8.71. The van der Waals surface area contributed by atoms with E-state index in [4.69, 9.17) is 0 Å². The van der Waals surface area contributed by atoms with Crippen molar-refractivity contribution in [3.05, 3.63) is 60.2 Å². The number of rotatable bonds is 4. The summed E-state index contributed by atoms with van der Waals surface area (Å²) in [5.41, 5.74) is 2.97. The van der Waals surface area contributed by atoms with Crippen LogP contribution in [0.3, 0.4) is 0 Å². The number of urea groups is 1. The molecule has 25 heavy (non-hydrogen) atoms. The molecule has 2 amide bonds. The second-order valence-electron chi connectivity index (χ2n) is 6.53. The van der Waals surface area contributed by atoms with Gasteiger partial charge in [-0.25, -0.2) is 4.79 Å². The summed E-state index contributed by atoms with van der Waals surface area (Å²) in [5, 5.41) is 12.8. The topological polar surface area (TPSA) is 55.8 Å². The van der Waals surface area contributed by atoms with Gasteiger partial charge < -0.3 is 20.2 Å². The van der Waals surface area contributed by atoms with Crippen LogP contribution in [0.4, 0.5) is 16.2 Å². The number of piperidine rings is 1. The van der Waals surface area contributed by atoms with Crippen LogP contribution in [0.1, 0.15) is 18.4 Å². The molecule has 0 aliphatic carbocycles. The van der Waals surface area contributed by atoms with E-state index in [1.165, 1.54) is 5.56 Å². The van der Waals surface area contributed by atoms with Gasteiger partial charge in [-0.05, 0) is 30.5 Å². The number of aliphatic hydroxyl groups excluding tert-OH is 1. The molecule has 1 heterocycles. The maximum Gasteiger partial charge on any atom is 0.321 e. The van der Waals surface area contributed by atoms with Crippen LogP contribution in [0, 0.1) is 0 Å². The predicted octanol–water partition coefficient (Wildman–Crippen LogP) is 3.31. The number of anilines is 2. The molecule has 2 aromatic carbocycles. The Kier molecular flexibility index (Phi) is 5.56. The highest BCUT2D eigenvalue weighted by Gasteiger charge is 2.22. The standard InChI is InChI=1S/C20H25N3O2/c1-22(14-16-8-3-2-4-9-16)19-12-6-5-11-18(19)21-20(25)23-13-7-10-17(24)15-23/h2-6,8-9,11-12,17,24H,7,10,13-15H2,1H3,(H,21,25). The third-order valence-electron chi connectivity index (χ3n) is 4.50. The Morgan fingerprint density at radius 1 is 1.20 bits per heavy atom. The lowest BCUT2D eigenvalue weighted by Gasteiger charge is -2.31. The Labute approximate surface area is 148 Å². The van der Waals surface area contributed by atoms with Crippen LogP contribution >= 0.6 is 0 Å². The van der Waals surface area contributed by atoms with Crippen molar-refractivity contribution in [3.63, 3.8) is 0 Å². The number of hydrogen-bond donors (Lipinski definition) is 2. The van der Waals surface area contributed by atoms with E-state index in [0.29, 0.717) is 13.1 Å². The lowest BCUT2D eigenvalue weighted by Crippen LogP contribution is -2.44. The van der Waals surface area contributed by atoms with E-state index >= 15 is 0 Å². The van der Waals surface area contributed by atoms with Gasteiger partial charge in [0.05, 0.1) is 17.5 Å². The van der Waals surface area contributed by atoms with Crippen molar-refractivity contribution in [2.75, 3.05) is 30.4 Å². The number of amides is 2. The average molecular weight is 339 g/mol. The summed E-state index contributed by atoms with van der Waals surface area (Å²) in [6.45, 7) is 1.84. The molecule has 0 saturated carbocycles. The number of β-amino-alcohol motifs (C(OH)–C–C–N with tert-alkyl or cyclic N) is 1. The molecule has 0 aromatic heterocycles. The summed E-state index contributed by atoms with van der Waals surface area (Å²) in [6.07, 6.45) is 1.18. The number of nitrogens with one attached hydrogen (secondary N) is 1. The number of benzene rings is 2. The van der Waals surface area contributed by atoms with Crippen LogP contribution in [-0.4, -0.2) is 42.3 Å². The van der Waals surface area contributed by atoms with E-state index in [-0.39, 0.29) is 6.03 Å². The van der Waals surface area contributed by atoms with Crippen LogP contribution in [-0.2, 0) is 6.54 Å². The number of carbonyl (C=O) groups excluding carboxylic acids is 1. The number of likely N-dealkylation sites (tertiary alicyclic amines) is 1. The first-order chi connectivity index (χ1) is 12.1. The van der Waals surface area contributed by atoms with Gasteiger partial charge in [-0.3, -0.25) is 0 Å². The van der Waals surface area contributed by atoms with E-state index in [0.717, 1.165) is 30.8 Å². The molecule has 1 aliphatic rings. The number of hydrogen-bond acceptors (Lipinski definition) is 3. The van der Waals surface area contributed by atoms with E-state index < -0.39 is 6.10 Å². The van der Waals surface area contributed by atoms with Crippen LogP contribution in [0.15, 0.2) is 54.6 Å². The largest absolute Gasteiger partial charge is 0.391 e. The molecule has 1 unspecified atom stereocenters. The summed E-state index contributed by atoms with van der Waals surface area (Å²) in [5.74, 6) is 0. The zero-order valence-electron chi connectivity index (χ0n) is 14.6. The molecular weight excluding hydrogens is 314 g/mol. The minimum Gasteiger partial charge on any atom is -0.391 e. The third-order valence-corrected chi connectivity index (χ3v) is 4.50. The Morgan fingerprint density at radius 2 is 1.92 bits per heavy atom. The van der Waals surface area contributed by atoms with Gasteiger partial charge in [0.15, 0.2) is 0 Å². The van der Waals surface area contributed by atoms with Gasteiger partial charge in [0.2, 0.25) is 0 Å². The third kappa shape index (κ3) is 4.51. The molecule has 5 heteroatoms. The van der Waals surface area contributed by atoms with Crippen molar-refractivity contribution in [2.24, 2.45) is 0 Å². The summed E-state index contributed by atoms with van der Waals surface area (Å²) in [6, 6.07) is 17.9.